The molecule has 0 saturated carbocycles. The van der Waals surface area contributed by atoms with Gasteiger partial charge in [0.15, 0.2) is 16.1 Å². The molecule has 0 saturated heterocycles. The van der Waals surface area contributed by atoms with Crippen LogP contribution < -0.4 is 5.32 Å². The van der Waals surface area contributed by atoms with Crippen LogP contribution in [0.3, 0.4) is 0 Å². The van der Waals surface area contributed by atoms with E-state index in [-0.39, 0.29) is 17.6 Å². The van der Waals surface area contributed by atoms with Crippen LogP contribution in [-0.4, -0.2) is 56.3 Å². The average Bonchev–Trinajstić information content (AvgIpc) is 3.48. The van der Waals surface area contributed by atoms with Gasteiger partial charge >= 0.3 is 0 Å². The first-order chi connectivity index (χ1) is 15.9. The molecule has 8 nitrogen and oxygen atoms in total. The molecule has 2 amide bonds. The number of hydrogen-bond acceptors (Lipinski definition) is 8. The molecule has 1 N–H and O–H groups in total. The number of fused-ring (bicyclic) bond motifs is 1. The van der Waals surface area contributed by atoms with Crippen molar-refractivity contribution in [3.8, 4) is 11.4 Å². The molecule has 1 aliphatic rings. The molecule has 1 aliphatic carbocycles. The number of anilines is 1. The number of aromatic nitrogens is 4. The van der Waals surface area contributed by atoms with E-state index in [4.69, 9.17) is 0 Å². The highest BCUT2D eigenvalue weighted by molar-refractivity contribution is 7.99. The van der Waals surface area contributed by atoms with Gasteiger partial charge in [0.2, 0.25) is 5.91 Å². The molecule has 0 radical (unpaired) electrons. The van der Waals surface area contributed by atoms with Crippen LogP contribution in [-0.2, 0) is 24.2 Å². The van der Waals surface area contributed by atoms with Crippen LogP contribution in [0, 0.1) is 6.92 Å². The number of nitrogens with zero attached hydrogens (tertiary/aromatic N) is 5. The number of nitrogens with one attached hydrogen (secondary N) is 1. The van der Waals surface area contributed by atoms with Gasteiger partial charge < -0.3 is 10.2 Å². The summed E-state index contributed by atoms with van der Waals surface area (Å²) in [4.78, 5) is 32.6. The number of carbonyl (C=O) groups excluding carboxylic acids is 2. The van der Waals surface area contributed by atoms with E-state index in [1.165, 1.54) is 51.3 Å². The minimum atomic E-state index is -0.208. The number of thiophene rings is 1. The first kappa shape index (κ1) is 23.7. The number of carbonyl (C=O) groups is 2. The minimum absolute atomic E-state index is 0.124. The van der Waals surface area contributed by atoms with Crippen molar-refractivity contribution >= 4 is 51.4 Å². The number of aryl methyl sites for hydroxylation is 2. The van der Waals surface area contributed by atoms with Gasteiger partial charge in [0, 0.05) is 36.5 Å². The Balaban J connectivity index is 1.46. The molecule has 3 aromatic heterocycles. The first-order valence-corrected chi connectivity index (χ1v) is 13.3. The monoisotopic (exact) mass is 502 g/mol. The number of rotatable bonds is 8. The zero-order chi connectivity index (χ0) is 23.5. The Labute approximate surface area is 205 Å². The molecule has 0 spiro atoms. The molecule has 33 heavy (non-hydrogen) atoms. The molecule has 3 heterocycles. The first-order valence-electron chi connectivity index (χ1n) is 10.6. The van der Waals surface area contributed by atoms with E-state index in [0.29, 0.717) is 27.4 Å². The van der Waals surface area contributed by atoms with Crippen LogP contribution in [0.5, 0.6) is 0 Å². The summed E-state index contributed by atoms with van der Waals surface area (Å²) in [6, 6.07) is 0. The van der Waals surface area contributed by atoms with Gasteiger partial charge in [-0.2, -0.15) is 0 Å². The van der Waals surface area contributed by atoms with Crippen molar-refractivity contribution in [1.29, 1.82) is 0 Å². The fourth-order valence-electron chi connectivity index (χ4n) is 3.71. The van der Waals surface area contributed by atoms with Gasteiger partial charge in [0.1, 0.15) is 4.88 Å². The van der Waals surface area contributed by atoms with Gasteiger partial charge in [-0.05, 0) is 38.2 Å². The molecule has 0 fully saturated rings. The van der Waals surface area contributed by atoms with Crippen molar-refractivity contribution in [1.82, 2.24) is 24.6 Å². The maximum absolute atomic E-state index is 12.6. The van der Waals surface area contributed by atoms with E-state index in [2.05, 4.69) is 32.5 Å². The Kier molecular flexibility index (Phi) is 7.30. The number of allylic oxidation sites excluding steroid dienone is 1. The van der Waals surface area contributed by atoms with E-state index in [9.17, 15) is 9.59 Å². The fourth-order valence-corrected chi connectivity index (χ4v) is 6.58. The molecular formula is C22H26N6O2S3. The molecule has 0 aliphatic heterocycles. The smallest absolute Gasteiger partial charge is 0.265 e. The molecule has 0 atom stereocenters. The lowest BCUT2D eigenvalue weighted by molar-refractivity contribution is -0.113. The predicted molar refractivity (Wildman–Crippen MR) is 134 cm³/mol. The van der Waals surface area contributed by atoms with E-state index in [1.807, 2.05) is 10.6 Å². The fraction of sp³-hybridized carbons (Fsp3) is 0.409. The highest BCUT2D eigenvalue weighted by atomic mass is 32.2. The summed E-state index contributed by atoms with van der Waals surface area (Å²) in [6.07, 6.45) is 6.47. The molecule has 4 rings (SSSR count). The van der Waals surface area contributed by atoms with Gasteiger partial charge in [0.25, 0.3) is 5.91 Å². The van der Waals surface area contributed by atoms with E-state index >= 15 is 0 Å². The average molecular weight is 503 g/mol. The normalized spacial score (nSPS) is 12.9. The van der Waals surface area contributed by atoms with Crippen LogP contribution >= 0.6 is 34.4 Å². The van der Waals surface area contributed by atoms with Crippen molar-refractivity contribution < 1.29 is 9.59 Å². The Morgan fingerprint density at radius 1 is 1.30 bits per heavy atom. The Morgan fingerprint density at radius 3 is 2.85 bits per heavy atom. The lowest BCUT2D eigenvalue weighted by Crippen LogP contribution is -2.21. The zero-order valence-corrected chi connectivity index (χ0v) is 21.3. The summed E-state index contributed by atoms with van der Waals surface area (Å²) in [5.74, 6) is 0.660. The highest BCUT2D eigenvalue weighted by Crippen LogP contribution is 2.37. The maximum Gasteiger partial charge on any atom is 0.265 e. The predicted octanol–water partition coefficient (Wildman–Crippen LogP) is 4.27. The molecule has 0 bridgehead atoms. The molecule has 3 aromatic rings. The second kappa shape index (κ2) is 10.2. The lowest BCUT2D eigenvalue weighted by atomic mass is 9.95. The van der Waals surface area contributed by atoms with Gasteiger partial charge in [0.05, 0.1) is 11.4 Å². The quantitative estimate of drug-likeness (QED) is 0.365. The summed E-state index contributed by atoms with van der Waals surface area (Å²) in [5.41, 5.74) is 3.15. The summed E-state index contributed by atoms with van der Waals surface area (Å²) < 4.78 is 2.02. The number of amides is 2. The SMILES string of the molecule is C=CCn1c(SCC(=O)Nc2nc(C)c(C(=O)N(C)C)s2)nnc1-c1csc2c1CCCC2. The Bertz CT molecular complexity index is 1190. The summed E-state index contributed by atoms with van der Waals surface area (Å²) in [5, 5.41) is 14.9. The van der Waals surface area contributed by atoms with Gasteiger partial charge in [-0.25, -0.2) is 4.98 Å². The van der Waals surface area contributed by atoms with Crippen molar-refractivity contribution in [2.24, 2.45) is 0 Å². The number of thioether (sulfide) groups is 1. The molecular weight excluding hydrogens is 476 g/mol. The van der Waals surface area contributed by atoms with Crippen LogP contribution in [0.1, 0.15) is 38.6 Å². The van der Waals surface area contributed by atoms with Gasteiger partial charge in [-0.3, -0.25) is 14.2 Å². The minimum Gasteiger partial charge on any atom is -0.344 e. The highest BCUT2D eigenvalue weighted by Gasteiger charge is 2.23. The van der Waals surface area contributed by atoms with Gasteiger partial charge in [-0.15, -0.1) is 28.1 Å². The van der Waals surface area contributed by atoms with E-state index in [1.54, 1.807) is 32.4 Å². The number of hydrogen-bond donors (Lipinski definition) is 1. The molecule has 11 heteroatoms. The second-order valence-electron chi connectivity index (χ2n) is 7.93. The van der Waals surface area contributed by atoms with Crippen LogP contribution in [0.4, 0.5) is 5.13 Å². The molecule has 0 unspecified atom stereocenters. The van der Waals surface area contributed by atoms with E-state index in [0.717, 1.165) is 24.2 Å². The standard InChI is InChI=1S/C22H26N6O2S3/c1-5-10-28-19(15-11-31-16-9-7-6-8-14(15)16)25-26-22(28)32-12-17(29)24-21-23-13(2)18(33-21)20(30)27(3)4/h5,11H,1,6-10,12H2,2-4H3,(H,23,24,29). The van der Waals surface area contributed by atoms with Crippen LogP contribution in [0.15, 0.2) is 23.2 Å². The zero-order valence-electron chi connectivity index (χ0n) is 18.9. The van der Waals surface area contributed by atoms with Crippen LogP contribution in [0.25, 0.3) is 11.4 Å². The third-order valence-electron chi connectivity index (χ3n) is 5.31. The summed E-state index contributed by atoms with van der Waals surface area (Å²) in [6.45, 7) is 6.21. The topological polar surface area (TPSA) is 93.0 Å². The van der Waals surface area contributed by atoms with Gasteiger partial charge in [-0.1, -0.05) is 29.2 Å². The second-order valence-corrected chi connectivity index (χ2v) is 10.8. The Hall–Kier alpha value is -2.50. The van der Waals surface area contributed by atoms with Crippen molar-refractivity contribution in [2.45, 2.75) is 44.3 Å². The Morgan fingerprint density at radius 2 is 2.09 bits per heavy atom. The third kappa shape index (κ3) is 5.04. The largest absolute Gasteiger partial charge is 0.344 e. The summed E-state index contributed by atoms with van der Waals surface area (Å²) >= 11 is 4.31. The molecule has 0 aromatic carbocycles. The number of thiazole rings is 1. The third-order valence-corrected chi connectivity index (χ3v) is 8.42. The molecule has 174 valence electrons. The maximum atomic E-state index is 12.6. The summed E-state index contributed by atoms with van der Waals surface area (Å²) in [7, 11) is 3.38. The van der Waals surface area contributed by atoms with Crippen molar-refractivity contribution in [3.63, 3.8) is 0 Å². The van der Waals surface area contributed by atoms with Crippen molar-refractivity contribution in [3.05, 3.63) is 39.0 Å². The van der Waals surface area contributed by atoms with Crippen LogP contribution in [0.2, 0.25) is 0 Å². The lowest BCUT2D eigenvalue weighted by Gasteiger charge is -2.13. The van der Waals surface area contributed by atoms with E-state index < -0.39 is 0 Å². The van der Waals surface area contributed by atoms with Crippen molar-refractivity contribution in [2.75, 3.05) is 25.2 Å².